The highest BCUT2D eigenvalue weighted by molar-refractivity contribution is 5.29. The lowest BCUT2D eigenvalue weighted by Gasteiger charge is -2.41. The topological polar surface area (TPSA) is 0 Å². The fourth-order valence-corrected chi connectivity index (χ4v) is 6.02. The lowest BCUT2D eigenvalue weighted by molar-refractivity contribution is 0.0967. The van der Waals surface area contributed by atoms with E-state index in [1.54, 1.807) is 0 Å². The molecule has 0 nitrogen and oxygen atoms in total. The fourth-order valence-electron chi connectivity index (χ4n) is 6.02. The molecule has 0 heteroatoms. The van der Waals surface area contributed by atoms with Crippen LogP contribution in [0.15, 0.2) is 36.9 Å². The molecular weight excluding hydrogens is 300 g/mol. The Kier molecular flexibility index (Phi) is 5.20. The molecule has 138 valence electrons. The first kappa shape index (κ1) is 18.7. The summed E-state index contributed by atoms with van der Waals surface area (Å²) in [4.78, 5) is 0. The third-order valence-electron chi connectivity index (χ3n) is 7.68. The first-order valence-corrected chi connectivity index (χ1v) is 10.5. The maximum Gasteiger partial charge on any atom is -0.0132 e. The van der Waals surface area contributed by atoms with Crippen LogP contribution >= 0.6 is 0 Å². The third-order valence-corrected chi connectivity index (χ3v) is 7.68. The van der Waals surface area contributed by atoms with Crippen molar-refractivity contribution in [3.05, 3.63) is 48.0 Å². The Morgan fingerprint density at radius 2 is 1.56 bits per heavy atom. The predicted octanol–water partition coefficient (Wildman–Crippen LogP) is 7.78. The van der Waals surface area contributed by atoms with Crippen molar-refractivity contribution in [2.75, 3.05) is 0 Å². The minimum absolute atomic E-state index is 0.249. The van der Waals surface area contributed by atoms with Crippen molar-refractivity contribution in [3.8, 4) is 0 Å². The highest BCUT2D eigenvalue weighted by Crippen LogP contribution is 2.67. The van der Waals surface area contributed by atoms with Crippen LogP contribution in [0.5, 0.6) is 0 Å². The second-order valence-corrected chi connectivity index (χ2v) is 10.1. The van der Waals surface area contributed by atoms with E-state index in [0.29, 0.717) is 16.7 Å². The Morgan fingerprint density at radius 1 is 1.00 bits per heavy atom. The molecule has 2 fully saturated rings. The Morgan fingerprint density at radius 3 is 2.08 bits per heavy atom. The van der Waals surface area contributed by atoms with Crippen molar-refractivity contribution >= 4 is 0 Å². The zero-order chi connectivity index (χ0) is 18.1. The molecule has 2 saturated carbocycles. The summed E-state index contributed by atoms with van der Waals surface area (Å²) in [6.07, 6.45) is 15.0. The largest absolute Gasteiger partial charge is 0.103 e. The van der Waals surface area contributed by atoms with Crippen molar-refractivity contribution in [1.29, 1.82) is 0 Å². The van der Waals surface area contributed by atoms with Gasteiger partial charge in [0.2, 0.25) is 0 Å². The Labute approximate surface area is 156 Å². The van der Waals surface area contributed by atoms with Crippen molar-refractivity contribution in [2.24, 2.45) is 10.8 Å². The van der Waals surface area contributed by atoms with Gasteiger partial charge in [0.15, 0.2) is 0 Å². The molecule has 1 unspecified atom stereocenters. The molecule has 0 aromatic heterocycles. The first-order chi connectivity index (χ1) is 11.8. The third kappa shape index (κ3) is 3.46. The van der Waals surface area contributed by atoms with Crippen LogP contribution in [-0.2, 0) is 5.41 Å². The smallest absolute Gasteiger partial charge is 0.0132 e. The van der Waals surface area contributed by atoms with Crippen LogP contribution in [0.1, 0.15) is 103 Å². The molecule has 0 spiro atoms. The highest BCUT2D eigenvalue weighted by atomic mass is 14.6. The molecule has 1 aromatic rings. The SMILES string of the molecule is C=CCC12CCCC1(CCC(C)c1ccc(C(C)(C)C)cc1)CCC2. The van der Waals surface area contributed by atoms with E-state index in [4.69, 9.17) is 0 Å². The van der Waals surface area contributed by atoms with E-state index in [0.717, 1.165) is 0 Å². The summed E-state index contributed by atoms with van der Waals surface area (Å²) in [7, 11) is 0. The van der Waals surface area contributed by atoms with Gasteiger partial charge in [-0.2, -0.15) is 0 Å². The van der Waals surface area contributed by atoms with Gasteiger partial charge < -0.3 is 0 Å². The number of hydrogen-bond donors (Lipinski definition) is 0. The minimum atomic E-state index is 0.249. The Hall–Kier alpha value is -1.04. The van der Waals surface area contributed by atoms with Crippen LogP contribution in [0.3, 0.4) is 0 Å². The average Bonchev–Trinajstić information content (AvgIpc) is 3.07. The average molecular weight is 339 g/mol. The molecule has 0 amide bonds. The molecule has 0 aliphatic heterocycles. The number of allylic oxidation sites excluding steroid dienone is 1. The number of fused-ring (bicyclic) bond motifs is 1. The summed E-state index contributed by atoms with van der Waals surface area (Å²) >= 11 is 0. The molecule has 2 aliphatic carbocycles. The van der Waals surface area contributed by atoms with E-state index in [2.05, 4.69) is 64.6 Å². The quantitative estimate of drug-likeness (QED) is 0.464. The molecule has 1 atom stereocenters. The predicted molar refractivity (Wildman–Crippen MR) is 110 cm³/mol. The minimum Gasteiger partial charge on any atom is -0.103 e. The number of hydrogen-bond acceptors (Lipinski definition) is 0. The molecule has 0 bridgehead atoms. The molecular formula is C25H38. The van der Waals surface area contributed by atoms with Gasteiger partial charge in [-0.15, -0.1) is 6.58 Å². The van der Waals surface area contributed by atoms with Crippen LogP contribution in [0, 0.1) is 10.8 Å². The van der Waals surface area contributed by atoms with Crippen molar-refractivity contribution in [1.82, 2.24) is 0 Å². The molecule has 2 aliphatic rings. The molecule has 1 aromatic carbocycles. The van der Waals surface area contributed by atoms with Gasteiger partial charge in [0.25, 0.3) is 0 Å². The van der Waals surface area contributed by atoms with E-state index in [1.165, 1.54) is 68.9 Å². The van der Waals surface area contributed by atoms with Crippen LogP contribution in [0.2, 0.25) is 0 Å². The standard InChI is InChI=1S/C25H38/c1-6-14-24-15-7-17-25(24,18-8-16-24)19-13-20(2)21-9-11-22(12-10-21)23(3,4)5/h6,9-12,20H,1,7-8,13-19H2,2-5H3. The normalized spacial score (nSPS) is 30.2. The molecule has 0 radical (unpaired) electrons. The lowest BCUT2D eigenvalue weighted by atomic mass is 9.63. The monoisotopic (exact) mass is 338 g/mol. The lowest BCUT2D eigenvalue weighted by Crippen LogP contribution is -2.32. The summed E-state index contributed by atoms with van der Waals surface area (Å²) in [6.45, 7) is 13.4. The zero-order valence-corrected chi connectivity index (χ0v) is 17.0. The molecule has 3 rings (SSSR count). The molecule has 25 heavy (non-hydrogen) atoms. The van der Waals surface area contributed by atoms with Gasteiger partial charge in [-0.1, -0.05) is 70.9 Å². The van der Waals surface area contributed by atoms with E-state index in [-0.39, 0.29) is 5.41 Å². The van der Waals surface area contributed by atoms with E-state index >= 15 is 0 Å². The maximum atomic E-state index is 4.08. The molecule has 0 heterocycles. The van der Waals surface area contributed by atoms with Gasteiger partial charge in [0, 0.05) is 0 Å². The second kappa shape index (κ2) is 6.93. The van der Waals surface area contributed by atoms with Gasteiger partial charge >= 0.3 is 0 Å². The second-order valence-electron chi connectivity index (χ2n) is 10.1. The summed E-state index contributed by atoms with van der Waals surface area (Å²) in [6, 6.07) is 9.45. The van der Waals surface area contributed by atoms with Crippen LogP contribution in [0.25, 0.3) is 0 Å². The van der Waals surface area contributed by atoms with Gasteiger partial charge in [-0.05, 0) is 78.2 Å². The zero-order valence-electron chi connectivity index (χ0n) is 17.0. The van der Waals surface area contributed by atoms with Gasteiger partial charge in [0.05, 0.1) is 0 Å². The van der Waals surface area contributed by atoms with Gasteiger partial charge in [-0.25, -0.2) is 0 Å². The summed E-state index contributed by atoms with van der Waals surface area (Å²) in [5, 5.41) is 0. The van der Waals surface area contributed by atoms with Crippen LogP contribution < -0.4 is 0 Å². The van der Waals surface area contributed by atoms with E-state index < -0.39 is 0 Å². The Balaban J connectivity index is 1.67. The summed E-state index contributed by atoms with van der Waals surface area (Å²) in [5.74, 6) is 0.672. The van der Waals surface area contributed by atoms with E-state index in [1.807, 2.05) is 0 Å². The first-order valence-electron chi connectivity index (χ1n) is 10.5. The van der Waals surface area contributed by atoms with Crippen molar-refractivity contribution in [3.63, 3.8) is 0 Å². The fraction of sp³-hybridized carbons (Fsp3) is 0.680. The molecule has 0 saturated heterocycles. The van der Waals surface area contributed by atoms with Crippen LogP contribution in [-0.4, -0.2) is 0 Å². The number of rotatable bonds is 6. The Bertz CT molecular complexity index is 573. The van der Waals surface area contributed by atoms with Gasteiger partial charge in [-0.3, -0.25) is 0 Å². The van der Waals surface area contributed by atoms with Gasteiger partial charge in [0.1, 0.15) is 0 Å². The van der Waals surface area contributed by atoms with Crippen molar-refractivity contribution < 1.29 is 0 Å². The number of benzene rings is 1. The van der Waals surface area contributed by atoms with E-state index in [9.17, 15) is 0 Å². The summed E-state index contributed by atoms with van der Waals surface area (Å²) < 4.78 is 0. The highest BCUT2D eigenvalue weighted by Gasteiger charge is 2.55. The van der Waals surface area contributed by atoms with Crippen molar-refractivity contribution in [2.45, 2.75) is 96.8 Å². The summed E-state index contributed by atoms with van der Waals surface area (Å²) in [5.41, 5.74) is 4.44. The maximum absolute atomic E-state index is 4.08. The van der Waals surface area contributed by atoms with Crippen LogP contribution in [0.4, 0.5) is 0 Å². The molecule has 0 N–H and O–H groups in total.